The Balaban J connectivity index is 1.57. The Kier molecular flexibility index (Phi) is 5.87. The van der Waals surface area contributed by atoms with Crippen LogP contribution in [-0.4, -0.2) is 60.3 Å². The van der Waals surface area contributed by atoms with Gasteiger partial charge in [-0.25, -0.2) is 15.1 Å². The summed E-state index contributed by atoms with van der Waals surface area (Å²) in [5, 5.41) is 5.43. The maximum atomic E-state index is 12.1. The SMILES string of the molecule is CC(C)(C)OC(=O)NCCCONC(=O)C1CCC2CN1C(=O)N2. The number of carbonyl (C=O) groups excluding carboxylic acids is 3. The van der Waals surface area contributed by atoms with Gasteiger partial charge in [-0.1, -0.05) is 0 Å². The number of ether oxygens (including phenoxy) is 1. The molecule has 0 spiro atoms. The molecule has 2 atom stereocenters. The zero-order chi connectivity index (χ0) is 17.7. The molecule has 3 N–H and O–H groups in total. The van der Waals surface area contributed by atoms with E-state index in [1.165, 1.54) is 4.90 Å². The molecule has 9 nitrogen and oxygen atoms in total. The molecule has 2 aliphatic heterocycles. The molecule has 0 aromatic heterocycles. The molecule has 2 heterocycles. The van der Waals surface area contributed by atoms with Crippen LogP contribution in [0.25, 0.3) is 0 Å². The number of nitrogens with one attached hydrogen (secondary N) is 3. The summed E-state index contributed by atoms with van der Waals surface area (Å²) in [6.45, 7) is 6.57. The smallest absolute Gasteiger partial charge is 0.407 e. The lowest BCUT2D eigenvalue weighted by atomic mass is 10.0. The lowest BCUT2D eigenvalue weighted by molar-refractivity contribution is -0.138. The number of hydroxylamine groups is 1. The van der Waals surface area contributed by atoms with Gasteiger partial charge >= 0.3 is 12.1 Å². The van der Waals surface area contributed by atoms with Gasteiger partial charge in [-0.2, -0.15) is 0 Å². The third-order valence-corrected chi connectivity index (χ3v) is 3.74. The van der Waals surface area contributed by atoms with Crippen LogP contribution in [0.15, 0.2) is 0 Å². The number of nitrogens with zero attached hydrogens (tertiary/aromatic N) is 1. The Hall–Kier alpha value is -2.03. The zero-order valence-electron chi connectivity index (χ0n) is 14.4. The molecule has 136 valence electrons. The second-order valence-corrected chi connectivity index (χ2v) is 6.99. The molecule has 4 amide bonds. The van der Waals surface area contributed by atoms with Crippen LogP contribution in [0.5, 0.6) is 0 Å². The van der Waals surface area contributed by atoms with Crippen molar-refractivity contribution in [3.05, 3.63) is 0 Å². The summed E-state index contributed by atoms with van der Waals surface area (Å²) in [5.74, 6) is -0.314. The van der Waals surface area contributed by atoms with Crippen LogP contribution >= 0.6 is 0 Å². The highest BCUT2D eigenvalue weighted by Crippen LogP contribution is 2.22. The van der Waals surface area contributed by atoms with Crippen LogP contribution in [0.1, 0.15) is 40.0 Å². The van der Waals surface area contributed by atoms with Crippen LogP contribution in [-0.2, 0) is 14.4 Å². The van der Waals surface area contributed by atoms with Gasteiger partial charge in [0.05, 0.1) is 6.61 Å². The average Bonchev–Trinajstić information content (AvgIpc) is 2.75. The summed E-state index contributed by atoms with van der Waals surface area (Å²) in [6.07, 6.45) is 1.46. The van der Waals surface area contributed by atoms with Gasteiger partial charge < -0.3 is 20.3 Å². The third-order valence-electron chi connectivity index (χ3n) is 3.74. The minimum atomic E-state index is -0.532. The van der Waals surface area contributed by atoms with E-state index in [1.54, 1.807) is 20.8 Å². The van der Waals surface area contributed by atoms with Crippen molar-refractivity contribution in [3.8, 4) is 0 Å². The van der Waals surface area contributed by atoms with Crippen LogP contribution < -0.4 is 16.1 Å². The molecule has 9 heteroatoms. The lowest BCUT2D eigenvalue weighted by Crippen LogP contribution is -2.49. The van der Waals surface area contributed by atoms with Crippen LogP contribution in [0.4, 0.5) is 9.59 Å². The summed E-state index contributed by atoms with van der Waals surface area (Å²) >= 11 is 0. The van der Waals surface area contributed by atoms with Gasteiger partial charge in [-0.3, -0.25) is 9.63 Å². The van der Waals surface area contributed by atoms with Crippen LogP contribution in [0.2, 0.25) is 0 Å². The van der Waals surface area contributed by atoms with E-state index < -0.39 is 17.7 Å². The highest BCUT2D eigenvalue weighted by atomic mass is 16.7. The Morgan fingerprint density at radius 3 is 2.79 bits per heavy atom. The molecule has 0 aromatic carbocycles. The maximum Gasteiger partial charge on any atom is 0.407 e. The van der Waals surface area contributed by atoms with E-state index in [0.717, 1.165) is 6.42 Å². The number of amides is 4. The van der Waals surface area contributed by atoms with E-state index in [9.17, 15) is 14.4 Å². The number of urea groups is 1. The zero-order valence-corrected chi connectivity index (χ0v) is 14.4. The van der Waals surface area contributed by atoms with Crippen LogP contribution in [0.3, 0.4) is 0 Å². The van der Waals surface area contributed by atoms with Crippen molar-refractivity contribution in [3.63, 3.8) is 0 Å². The number of rotatable bonds is 6. The molecule has 2 rings (SSSR count). The third kappa shape index (κ3) is 5.26. The van der Waals surface area contributed by atoms with E-state index in [-0.39, 0.29) is 24.6 Å². The van der Waals surface area contributed by atoms with E-state index in [1.807, 2.05) is 0 Å². The highest BCUT2D eigenvalue weighted by molar-refractivity contribution is 5.88. The number of hydrogen-bond donors (Lipinski definition) is 3. The first-order valence-corrected chi connectivity index (χ1v) is 8.22. The van der Waals surface area contributed by atoms with Gasteiger partial charge in [-0.15, -0.1) is 0 Å². The fourth-order valence-corrected chi connectivity index (χ4v) is 2.68. The Labute approximate surface area is 141 Å². The van der Waals surface area contributed by atoms with Crippen molar-refractivity contribution in [2.75, 3.05) is 19.7 Å². The van der Waals surface area contributed by atoms with Crippen molar-refractivity contribution in [1.82, 2.24) is 21.0 Å². The minimum Gasteiger partial charge on any atom is -0.444 e. The molecule has 2 aliphatic rings. The monoisotopic (exact) mass is 342 g/mol. The van der Waals surface area contributed by atoms with E-state index >= 15 is 0 Å². The molecule has 24 heavy (non-hydrogen) atoms. The fourth-order valence-electron chi connectivity index (χ4n) is 2.68. The van der Waals surface area contributed by atoms with Gasteiger partial charge in [0.15, 0.2) is 0 Å². The van der Waals surface area contributed by atoms with E-state index in [2.05, 4.69) is 16.1 Å². The molecule has 0 aliphatic carbocycles. The molecule has 0 radical (unpaired) electrons. The average molecular weight is 342 g/mol. The highest BCUT2D eigenvalue weighted by Gasteiger charge is 2.41. The normalized spacial score (nSPS) is 22.8. The number of piperidine rings is 1. The molecule has 2 fully saturated rings. The Morgan fingerprint density at radius 2 is 2.08 bits per heavy atom. The van der Waals surface area contributed by atoms with Crippen molar-refractivity contribution in [1.29, 1.82) is 0 Å². The molecule has 2 saturated heterocycles. The molecule has 2 unspecified atom stereocenters. The summed E-state index contributed by atoms with van der Waals surface area (Å²) in [6, 6.07) is -0.524. The van der Waals surface area contributed by atoms with Gasteiger partial charge in [0.25, 0.3) is 5.91 Å². The summed E-state index contributed by atoms with van der Waals surface area (Å²) in [5.41, 5.74) is 1.85. The van der Waals surface area contributed by atoms with Crippen LogP contribution in [0, 0.1) is 0 Å². The van der Waals surface area contributed by atoms with Gasteiger partial charge in [0, 0.05) is 19.1 Å². The standard InChI is InChI=1S/C15H26N4O5/c1-15(2,3)24-14(22)16-7-4-8-23-18-12(20)11-6-5-10-9-19(11)13(21)17-10/h10-11H,4-9H2,1-3H3,(H,16,22)(H,17,21)(H,18,20). The van der Waals surface area contributed by atoms with Crippen molar-refractivity contribution in [2.24, 2.45) is 0 Å². The molecule has 0 aromatic rings. The topological polar surface area (TPSA) is 109 Å². The van der Waals surface area contributed by atoms with Crippen molar-refractivity contribution < 1.29 is 24.0 Å². The second-order valence-electron chi connectivity index (χ2n) is 6.99. The fraction of sp³-hybridized carbons (Fsp3) is 0.800. The number of hydrogen-bond acceptors (Lipinski definition) is 5. The lowest BCUT2D eigenvalue weighted by Gasteiger charge is -2.29. The predicted molar refractivity (Wildman–Crippen MR) is 85.0 cm³/mol. The first kappa shape index (κ1) is 18.3. The number of alkyl carbamates (subject to hydrolysis) is 1. The minimum absolute atomic E-state index is 0.154. The molecular weight excluding hydrogens is 316 g/mol. The molecule has 0 saturated carbocycles. The Bertz CT molecular complexity index is 491. The predicted octanol–water partition coefficient (Wildman–Crippen LogP) is 0.505. The van der Waals surface area contributed by atoms with E-state index in [4.69, 9.17) is 9.57 Å². The Morgan fingerprint density at radius 1 is 1.33 bits per heavy atom. The largest absolute Gasteiger partial charge is 0.444 e. The van der Waals surface area contributed by atoms with Gasteiger partial charge in [0.2, 0.25) is 0 Å². The number of carbonyl (C=O) groups is 3. The van der Waals surface area contributed by atoms with Crippen molar-refractivity contribution in [2.45, 2.75) is 57.7 Å². The first-order valence-electron chi connectivity index (χ1n) is 8.22. The maximum absolute atomic E-state index is 12.1. The second kappa shape index (κ2) is 7.69. The molecular formula is C15H26N4O5. The van der Waals surface area contributed by atoms with Gasteiger partial charge in [0.1, 0.15) is 11.6 Å². The molecule has 2 bridgehead atoms. The van der Waals surface area contributed by atoms with Gasteiger partial charge in [-0.05, 0) is 40.0 Å². The summed E-state index contributed by atoms with van der Waals surface area (Å²) < 4.78 is 5.10. The summed E-state index contributed by atoms with van der Waals surface area (Å²) in [4.78, 5) is 41.9. The summed E-state index contributed by atoms with van der Waals surface area (Å²) in [7, 11) is 0. The quantitative estimate of drug-likeness (QED) is 0.481. The van der Waals surface area contributed by atoms with E-state index in [0.29, 0.717) is 25.9 Å². The number of fused-ring (bicyclic) bond motifs is 2. The first-order chi connectivity index (χ1) is 11.3. The van der Waals surface area contributed by atoms with Crippen molar-refractivity contribution >= 4 is 18.0 Å².